The van der Waals surface area contributed by atoms with E-state index >= 15 is 0 Å². The highest BCUT2D eigenvalue weighted by Crippen LogP contribution is 2.18. The van der Waals surface area contributed by atoms with Gasteiger partial charge in [-0.3, -0.25) is 0 Å². The normalized spacial score (nSPS) is 10.7. The van der Waals surface area contributed by atoms with Crippen LogP contribution in [0.3, 0.4) is 0 Å². The smallest absolute Gasteiger partial charge is 0.160 e. The molecule has 2 N–H and O–H groups in total. The Morgan fingerprint density at radius 3 is 2.52 bits per heavy atom. The predicted octanol–water partition coefficient (Wildman–Crippen LogP) is 3.96. The highest BCUT2D eigenvalue weighted by atomic mass is 19.2. The number of rotatable bonds is 6. The first-order valence-corrected chi connectivity index (χ1v) is 6.82. The molecule has 6 heteroatoms. The van der Waals surface area contributed by atoms with E-state index in [4.69, 9.17) is 0 Å². The van der Waals surface area contributed by atoms with Gasteiger partial charge in [-0.1, -0.05) is 13.8 Å². The van der Waals surface area contributed by atoms with Crippen LogP contribution in [0.5, 0.6) is 0 Å². The number of aromatic nitrogens is 2. The Morgan fingerprint density at radius 1 is 1.05 bits per heavy atom. The summed E-state index contributed by atoms with van der Waals surface area (Å²) < 4.78 is 26.0. The summed E-state index contributed by atoms with van der Waals surface area (Å²) in [5, 5.41) is 6.11. The van der Waals surface area contributed by atoms with Crippen molar-refractivity contribution in [2.45, 2.75) is 20.3 Å². The van der Waals surface area contributed by atoms with Crippen LogP contribution in [-0.4, -0.2) is 16.5 Å². The molecule has 2 rings (SSSR count). The lowest BCUT2D eigenvalue weighted by Crippen LogP contribution is -2.07. The number of nitrogens with zero attached hydrogens (tertiary/aromatic N) is 2. The van der Waals surface area contributed by atoms with Gasteiger partial charge in [-0.15, -0.1) is 0 Å². The fourth-order valence-corrected chi connectivity index (χ4v) is 1.73. The van der Waals surface area contributed by atoms with Gasteiger partial charge < -0.3 is 10.6 Å². The van der Waals surface area contributed by atoms with Crippen molar-refractivity contribution in [3.63, 3.8) is 0 Å². The van der Waals surface area contributed by atoms with Gasteiger partial charge in [0.1, 0.15) is 18.0 Å². The molecule has 0 spiro atoms. The van der Waals surface area contributed by atoms with Gasteiger partial charge in [0.05, 0.1) is 0 Å². The fraction of sp³-hybridized carbons (Fsp3) is 0.333. The highest BCUT2D eigenvalue weighted by Gasteiger charge is 2.04. The van der Waals surface area contributed by atoms with Gasteiger partial charge in [0.15, 0.2) is 11.6 Å². The van der Waals surface area contributed by atoms with Crippen molar-refractivity contribution >= 4 is 17.3 Å². The zero-order chi connectivity index (χ0) is 15.2. The van der Waals surface area contributed by atoms with Crippen LogP contribution in [0, 0.1) is 17.6 Å². The second-order valence-electron chi connectivity index (χ2n) is 5.15. The highest BCUT2D eigenvalue weighted by molar-refractivity contribution is 5.58. The molecule has 0 aliphatic carbocycles. The van der Waals surface area contributed by atoms with Crippen molar-refractivity contribution < 1.29 is 8.78 Å². The summed E-state index contributed by atoms with van der Waals surface area (Å²) in [6, 6.07) is 5.33. The predicted molar refractivity (Wildman–Crippen MR) is 79.6 cm³/mol. The summed E-state index contributed by atoms with van der Waals surface area (Å²) in [7, 11) is 0. The summed E-state index contributed by atoms with van der Waals surface area (Å²) in [6.07, 6.45) is 2.45. The van der Waals surface area contributed by atoms with Crippen molar-refractivity contribution in [2.24, 2.45) is 5.92 Å². The number of nitrogens with one attached hydrogen (secondary N) is 2. The van der Waals surface area contributed by atoms with Crippen LogP contribution >= 0.6 is 0 Å². The van der Waals surface area contributed by atoms with Crippen LogP contribution in [-0.2, 0) is 0 Å². The average Bonchev–Trinajstić information content (AvgIpc) is 2.43. The van der Waals surface area contributed by atoms with E-state index in [1.54, 1.807) is 6.07 Å². The molecule has 21 heavy (non-hydrogen) atoms. The van der Waals surface area contributed by atoms with Crippen LogP contribution < -0.4 is 10.6 Å². The zero-order valence-corrected chi connectivity index (χ0v) is 12.0. The molecule has 1 heterocycles. The summed E-state index contributed by atoms with van der Waals surface area (Å²) >= 11 is 0. The SMILES string of the molecule is CC(C)CCNc1cc(Nc2ccc(F)c(F)c2)ncn1. The minimum absolute atomic E-state index is 0.431. The maximum atomic E-state index is 13.1. The Labute approximate surface area is 122 Å². The van der Waals surface area contributed by atoms with Gasteiger partial charge in [-0.25, -0.2) is 18.7 Å². The lowest BCUT2D eigenvalue weighted by Gasteiger charge is -2.09. The van der Waals surface area contributed by atoms with Crippen molar-refractivity contribution in [1.29, 1.82) is 0 Å². The van der Waals surface area contributed by atoms with Gasteiger partial charge in [0.2, 0.25) is 0 Å². The molecular formula is C15H18F2N4. The first-order chi connectivity index (χ1) is 10.0. The Morgan fingerprint density at radius 2 is 1.81 bits per heavy atom. The van der Waals surface area contributed by atoms with Crippen molar-refractivity contribution in [2.75, 3.05) is 17.2 Å². The summed E-state index contributed by atoms with van der Waals surface area (Å²) in [5.41, 5.74) is 0.431. The lowest BCUT2D eigenvalue weighted by atomic mass is 10.1. The summed E-state index contributed by atoms with van der Waals surface area (Å²) in [5.74, 6) is 0.0431. The Bertz CT molecular complexity index is 602. The van der Waals surface area contributed by atoms with E-state index in [0.717, 1.165) is 25.1 Å². The first kappa shape index (κ1) is 15.2. The largest absolute Gasteiger partial charge is 0.370 e. The van der Waals surface area contributed by atoms with Crippen LogP contribution in [0.1, 0.15) is 20.3 Å². The molecule has 0 atom stereocenters. The number of halogens is 2. The molecule has 112 valence electrons. The molecule has 4 nitrogen and oxygen atoms in total. The Kier molecular flexibility index (Phi) is 5.03. The molecule has 1 aromatic heterocycles. The first-order valence-electron chi connectivity index (χ1n) is 6.82. The van der Waals surface area contributed by atoms with Crippen LogP contribution in [0.2, 0.25) is 0 Å². The van der Waals surface area contributed by atoms with Gasteiger partial charge in [0.25, 0.3) is 0 Å². The van der Waals surface area contributed by atoms with Crippen molar-refractivity contribution in [3.8, 4) is 0 Å². The van der Waals surface area contributed by atoms with E-state index in [1.807, 2.05) is 0 Å². The maximum absolute atomic E-state index is 13.1. The van der Waals surface area contributed by atoms with E-state index in [2.05, 4.69) is 34.4 Å². The van der Waals surface area contributed by atoms with Crippen LogP contribution in [0.4, 0.5) is 26.1 Å². The monoisotopic (exact) mass is 292 g/mol. The third-order valence-electron chi connectivity index (χ3n) is 2.89. The van der Waals surface area contributed by atoms with Gasteiger partial charge in [0, 0.05) is 24.4 Å². The molecule has 0 fully saturated rings. The molecule has 0 saturated carbocycles. The molecule has 0 amide bonds. The van der Waals surface area contributed by atoms with Gasteiger partial charge >= 0.3 is 0 Å². The number of hydrogen-bond acceptors (Lipinski definition) is 4. The molecule has 0 unspecified atom stereocenters. The number of anilines is 3. The Balaban J connectivity index is 2.01. The molecule has 0 aliphatic rings. The molecule has 1 aromatic carbocycles. The van der Waals surface area contributed by atoms with Crippen LogP contribution in [0.15, 0.2) is 30.6 Å². The molecule has 0 saturated heterocycles. The van der Waals surface area contributed by atoms with E-state index < -0.39 is 11.6 Å². The second kappa shape index (κ2) is 6.97. The maximum Gasteiger partial charge on any atom is 0.160 e. The minimum Gasteiger partial charge on any atom is -0.370 e. The van der Waals surface area contributed by atoms with Crippen molar-refractivity contribution in [3.05, 3.63) is 42.2 Å². The number of hydrogen-bond donors (Lipinski definition) is 2. The van der Waals surface area contributed by atoms with E-state index in [9.17, 15) is 8.78 Å². The lowest BCUT2D eigenvalue weighted by molar-refractivity contribution is 0.509. The fourth-order valence-electron chi connectivity index (χ4n) is 1.73. The minimum atomic E-state index is -0.899. The molecule has 0 radical (unpaired) electrons. The Hall–Kier alpha value is -2.24. The molecule has 0 aliphatic heterocycles. The van der Waals surface area contributed by atoms with Gasteiger partial charge in [-0.05, 0) is 24.5 Å². The standard InChI is InChI=1S/C15H18F2N4/c1-10(2)5-6-18-14-8-15(20-9-19-14)21-11-3-4-12(16)13(17)7-11/h3-4,7-10H,5-6H2,1-2H3,(H2,18,19,20,21). The third kappa shape index (κ3) is 4.66. The summed E-state index contributed by atoms with van der Waals surface area (Å²) in [4.78, 5) is 8.16. The molecular weight excluding hydrogens is 274 g/mol. The number of benzene rings is 1. The van der Waals surface area contributed by atoms with E-state index in [-0.39, 0.29) is 0 Å². The average molecular weight is 292 g/mol. The second-order valence-corrected chi connectivity index (χ2v) is 5.15. The van der Waals surface area contributed by atoms with E-state index in [1.165, 1.54) is 12.4 Å². The third-order valence-corrected chi connectivity index (χ3v) is 2.89. The molecule has 0 bridgehead atoms. The van der Waals surface area contributed by atoms with Crippen LogP contribution in [0.25, 0.3) is 0 Å². The molecule has 2 aromatic rings. The topological polar surface area (TPSA) is 49.8 Å². The zero-order valence-electron chi connectivity index (χ0n) is 12.0. The van der Waals surface area contributed by atoms with Gasteiger partial charge in [-0.2, -0.15) is 0 Å². The van der Waals surface area contributed by atoms with Crippen molar-refractivity contribution in [1.82, 2.24) is 9.97 Å². The quantitative estimate of drug-likeness (QED) is 0.846. The summed E-state index contributed by atoms with van der Waals surface area (Å²) in [6.45, 7) is 5.12. The van der Waals surface area contributed by atoms with E-state index in [0.29, 0.717) is 23.2 Å².